The van der Waals surface area contributed by atoms with Gasteiger partial charge in [0, 0.05) is 17.8 Å². The van der Waals surface area contributed by atoms with E-state index in [-0.39, 0.29) is 22.4 Å². The quantitative estimate of drug-likeness (QED) is 0.596. The summed E-state index contributed by atoms with van der Waals surface area (Å²) in [4.78, 5) is 24.2. The van der Waals surface area contributed by atoms with Crippen LogP contribution in [0.3, 0.4) is 0 Å². The Bertz CT molecular complexity index is 1040. The second-order valence-electron chi connectivity index (χ2n) is 6.49. The Balaban J connectivity index is 2.06. The molecule has 1 amide bonds. The van der Waals surface area contributed by atoms with Crippen LogP contribution in [0.2, 0.25) is 0 Å². The Labute approximate surface area is 166 Å². The number of anilines is 1. The van der Waals surface area contributed by atoms with Crippen LogP contribution in [0.5, 0.6) is 5.75 Å². The highest BCUT2D eigenvalue weighted by atomic mass is 19.1. The number of nitrogens with zero attached hydrogens (tertiary/aromatic N) is 3. The number of primary amides is 1. The van der Waals surface area contributed by atoms with Crippen LogP contribution in [0.4, 0.5) is 14.6 Å². The summed E-state index contributed by atoms with van der Waals surface area (Å²) in [5.74, 6) is -1.77. The van der Waals surface area contributed by atoms with Crippen LogP contribution in [0.15, 0.2) is 30.7 Å². The topological polar surface area (TPSA) is 103 Å². The fourth-order valence-corrected chi connectivity index (χ4v) is 3.11. The molecule has 0 aliphatic heterocycles. The van der Waals surface area contributed by atoms with E-state index in [9.17, 15) is 13.6 Å². The van der Waals surface area contributed by atoms with Crippen molar-refractivity contribution in [3.63, 3.8) is 0 Å². The molecule has 2 heterocycles. The first-order chi connectivity index (χ1) is 14.0. The summed E-state index contributed by atoms with van der Waals surface area (Å²) >= 11 is 0. The van der Waals surface area contributed by atoms with Crippen LogP contribution < -0.4 is 15.8 Å². The lowest BCUT2D eigenvalue weighted by Gasteiger charge is -2.21. The number of nitrogens with two attached hydrogens (primary N) is 1. The maximum absolute atomic E-state index is 14.7. The van der Waals surface area contributed by atoms with Gasteiger partial charge in [-0.1, -0.05) is 19.8 Å². The van der Waals surface area contributed by atoms with Gasteiger partial charge in [-0.25, -0.2) is 18.7 Å². The van der Waals surface area contributed by atoms with Crippen molar-refractivity contribution in [3.05, 3.63) is 53.5 Å². The van der Waals surface area contributed by atoms with Gasteiger partial charge in [0.2, 0.25) is 0 Å². The third-order valence-corrected chi connectivity index (χ3v) is 4.59. The average molecular weight is 401 g/mol. The number of nitrogens with one attached hydrogen (secondary N) is 1. The minimum absolute atomic E-state index is 0.148. The lowest BCUT2D eigenvalue weighted by atomic mass is 10.00. The molecule has 3 N–H and O–H groups in total. The summed E-state index contributed by atoms with van der Waals surface area (Å²) in [6.45, 7) is 2.00. The van der Waals surface area contributed by atoms with Crippen LogP contribution >= 0.6 is 0 Å². The summed E-state index contributed by atoms with van der Waals surface area (Å²) in [5.41, 5.74) is 6.35. The van der Waals surface area contributed by atoms with E-state index >= 15 is 0 Å². The van der Waals surface area contributed by atoms with E-state index in [1.54, 1.807) is 0 Å². The number of amides is 1. The van der Waals surface area contributed by atoms with Crippen molar-refractivity contribution in [1.29, 1.82) is 0 Å². The second kappa shape index (κ2) is 8.76. The maximum atomic E-state index is 14.7. The Kier molecular flexibility index (Phi) is 6.16. The van der Waals surface area contributed by atoms with Crippen LogP contribution in [0.1, 0.15) is 48.1 Å². The second-order valence-corrected chi connectivity index (χ2v) is 6.49. The van der Waals surface area contributed by atoms with E-state index < -0.39 is 23.6 Å². The van der Waals surface area contributed by atoms with E-state index in [2.05, 4.69) is 20.3 Å². The van der Waals surface area contributed by atoms with E-state index in [1.807, 2.05) is 6.92 Å². The first kappa shape index (κ1) is 20.4. The number of pyridine rings is 1. The number of hydrogen-bond acceptors (Lipinski definition) is 6. The number of fused-ring (bicyclic) bond motifs is 1. The van der Waals surface area contributed by atoms with E-state index in [0.717, 1.165) is 25.0 Å². The summed E-state index contributed by atoms with van der Waals surface area (Å²) in [6, 6.07) is 3.03. The van der Waals surface area contributed by atoms with E-state index in [1.165, 1.54) is 25.7 Å². The van der Waals surface area contributed by atoms with Gasteiger partial charge in [-0.05, 0) is 18.6 Å². The number of hydrogen-bond donors (Lipinski definition) is 2. The van der Waals surface area contributed by atoms with Gasteiger partial charge in [0.25, 0.3) is 5.91 Å². The molecule has 0 saturated carbocycles. The number of ether oxygens (including phenoxy) is 1. The standard InChI is InChI=1S/C20H21F2N5O2/c1-3-4-5-15(12-8-14(22)16(29-2)9-13(12)21)27-20-18-17(25-10-26-20)11(19(23)28)6-7-24-18/h6-10,15H,3-5H2,1-2H3,(H2,23,28)(H,25,26,27)/t15-/m1/s1. The van der Waals surface area contributed by atoms with Crippen molar-refractivity contribution in [1.82, 2.24) is 15.0 Å². The van der Waals surface area contributed by atoms with E-state index in [0.29, 0.717) is 17.8 Å². The predicted molar refractivity (Wildman–Crippen MR) is 105 cm³/mol. The average Bonchev–Trinajstić information content (AvgIpc) is 2.72. The van der Waals surface area contributed by atoms with Crippen molar-refractivity contribution in [3.8, 4) is 5.75 Å². The zero-order chi connectivity index (χ0) is 21.0. The Morgan fingerprint density at radius 1 is 1.21 bits per heavy atom. The van der Waals surface area contributed by atoms with Crippen LogP contribution in [-0.4, -0.2) is 28.0 Å². The molecule has 0 saturated heterocycles. The highest BCUT2D eigenvalue weighted by Gasteiger charge is 2.21. The molecule has 9 heteroatoms. The molecule has 3 aromatic rings. The highest BCUT2D eigenvalue weighted by molar-refractivity contribution is 6.05. The minimum atomic E-state index is -0.658. The number of rotatable bonds is 8. The molecule has 152 valence electrons. The molecule has 29 heavy (non-hydrogen) atoms. The monoisotopic (exact) mass is 401 g/mol. The predicted octanol–water partition coefficient (Wildman–Crippen LogP) is 3.75. The molecule has 7 nitrogen and oxygen atoms in total. The van der Waals surface area contributed by atoms with Crippen LogP contribution in [0.25, 0.3) is 11.0 Å². The summed E-state index contributed by atoms with van der Waals surface area (Å²) in [5, 5.41) is 3.13. The maximum Gasteiger partial charge on any atom is 0.251 e. The summed E-state index contributed by atoms with van der Waals surface area (Å²) in [7, 11) is 1.28. The normalized spacial score (nSPS) is 12.0. The largest absolute Gasteiger partial charge is 0.494 e. The van der Waals surface area contributed by atoms with Gasteiger partial charge >= 0.3 is 0 Å². The molecule has 2 aromatic heterocycles. The number of benzene rings is 1. The number of carbonyl (C=O) groups is 1. The van der Waals surface area contributed by atoms with Crippen molar-refractivity contribution in [2.24, 2.45) is 5.73 Å². The molecule has 0 bridgehead atoms. The van der Waals surface area contributed by atoms with Crippen molar-refractivity contribution >= 4 is 22.8 Å². The van der Waals surface area contributed by atoms with Crippen molar-refractivity contribution < 1.29 is 18.3 Å². The molecular weight excluding hydrogens is 380 g/mol. The zero-order valence-corrected chi connectivity index (χ0v) is 16.1. The van der Waals surface area contributed by atoms with Crippen LogP contribution in [-0.2, 0) is 0 Å². The fourth-order valence-electron chi connectivity index (χ4n) is 3.11. The van der Waals surface area contributed by atoms with Crippen molar-refractivity contribution in [2.75, 3.05) is 12.4 Å². The Hall–Kier alpha value is -3.36. The smallest absolute Gasteiger partial charge is 0.251 e. The Morgan fingerprint density at radius 3 is 2.69 bits per heavy atom. The molecule has 0 fully saturated rings. The summed E-state index contributed by atoms with van der Waals surface area (Å²) < 4.78 is 33.8. The third-order valence-electron chi connectivity index (χ3n) is 4.59. The fraction of sp³-hybridized carbons (Fsp3) is 0.300. The molecule has 0 aliphatic rings. The number of methoxy groups -OCH3 is 1. The van der Waals surface area contributed by atoms with Gasteiger partial charge in [-0.2, -0.15) is 0 Å². The lowest BCUT2D eigenvalue weighted by molar-refractivity contribution is 0.100. The first-order valence-electron chi connectivity index (χ1n) is 9.15. The van der Waals surface area contributed by atoms with Gasteiger partial charge < -0.3 is 15.8 Å². The van der Waals surface area contributed by atoms with Crippen molar-refractivity contribution in [2.45, 2.75) is 32.2 Å². The number of aromatic nitrogens is 3. The molecule has 1 atom stereocenters. The first-order valence-corrected chi connectivity index (χ1v) is 9.15. The number of carbonyl (C=O) groups excluding carboxylic acids is 1. The van der Waals surface area contributed by atoms with E-state index in [4.69, 9.17) is 10.5 Å². The zero-order valence-electron chi connectivity index (χ0n) is 16.1. The molecule has 0 unspecified atom stereocenters. The number of unbranched alkanes of at least 4 members (excludes halogenated alkanes) is 1. The van der Waals surface area contributed by atoms with Gasteiger partial charge in [0.1, 0.15) is 23.2 Å². The van der Waals surface area contributed by atoms with Gasteiger partial charge in [0.05, 0.1) is 18.7 Å². The highest BCUT2D eigenvalue weighted by Crippen LogP contribution is 2.32. The summed E-state index contributed by atoms with van der Waals surface area (Å²) in [6.07, 6.45) is 4.85. The lowest BCUT2D eigenvalue weighted by Crippen LogP contribution is -2.16. The minimum Gasteiger partial charge on any atom is -0.494 e. The SMILES string of the molecule is CCCC[C@@H](Nc1ncnc2c(C(N)=O)ccnc12)c1cc(F)c(OC)cc1F. The number of halogens is 2. The Morgan fingerprint density at radius 2 is 2.00 bits per heavy atom. The van der Waals surface area contributed by atoms with Gasteiger partial charge in [0.15, 0.2) is 17.4 Å². The van der Waals surface area contributed by atoms with Crippen LogP contribution in [0, 0.1) is 11.6 Å². The molecule has 1 aromatic carbocycles. The molecule has 0 spiro atoms. The molecule has 3 rings (SSSR count). The van der Waals surface area contributed by atoms with Gasteiger partial charge in [-0.3, -0.25) is 9.78 Å². The molecular formula is C20H21F2N5O2. The third kappa shape index (κ3) is 4.23. The van der Waals surface area contributed by atoms with Gasteiger partial charge in [-0.15, -0.1) is 0 Å². The molecule has 0 radical (unpaired) electrons. The molecule has 0 aliphatic carbocycles.